The van der Waals surface area contributed by atoms with Gasteiger partial charge in [0, 0.05) is 38.9 Å². The van der Waals surface area contributed by atoms with E-state index in [4.69, 9.17) is 0 Å². The minimum Gasteiger partial charge on any atom is -0.310 e. The molecule has 0 aliphatic heterocycles. The van der Waals surface area contributed by atoms with E-state index in [1.165, 1.54) is 110 Å². The Hall–Kier alpha value is -5.08. The second-order valence-electron chi connectivity index (χ2n) is 17.2. The van der Waals surface area contributed by atoms with E-state index in [0.29, 0.717) is 0 Å². The molecule has 0 spiro atoms. The molecule has 6 aromatic carbocycles. The lowest BCUT2D eigenvalue weighted by Crippen LogP contribution is -2.16. The number of rotatable bonds is 7. The summed E-state index contributed by atoms with van der Waals surface area (Å²) in [5, 5.41) is 2.61. The Kier molecular flexibility index (Phi) is 7.69. The Morgan fingerprint density at radius 1 is 0.642 bits per heavy atom. The molecule has 0 amide bonds. The van der Waals surface area contributed by atoms with Crippen LogP contribution in [0.2, 0.25) is 0 Å². The minimum atomic E-state index is -0.0695. The Labute approximate surface area is 315 Å². The van der Waals surface area contributed by atoms with Gasteiger partial charge in [-0.3, -0.25) is 0 Å². The average Bonchev–Trinajstić information content (AvgIpc) is 3.75. The molecule has 2 heteroatoms. The van der Waals surface area contributed by atoms with Gasteiger partial charge in [0.25, 0.3) is 0 Å². The molecule has 0 N–H and O–H groups in total. The van der Waals surface area contributed by atoms with Gasteiger partial charge in [-0.15, -0.1) is 0 Å². The molecule has 2 saturated carbocycles. The van der Waals surface area contributed by atoms with E-state index in [1.54, 1.807) is 0 Å². The fraction of sp³-hybridized carbons (Fsp3) is 0.294. The highest BCUT2D eigenvalue weighted by Gasteiger charge is 2.39. The zero-order valence-corrected chi connectivity index (χ0v) is 31.6. The quantitative estimate of drug-likeness (QED) is 0.162. The lowest BCUT2D eigenvalue weighted by atomic mass is 9.80. The fourth-order valence-corrected chi connectivity index (χ4v) is 11.1. The van der Waals surface area contributed by atoms with Crippen LogP contribution in [0.5, 0.6) is 0 Å². The maximum absolute atomic E-state index is 2.58. The second kappa shape index (κ2) is 12.5. The lowest BCUT2D eigenvalue weighted by Gasteiger charge is -2.28. The standard InChI is InChI=1S/C51H50N2/c1-33-26-35-29-37(38(27-33)30-35)23-22-36-14-8-12-20-48(36)53-49-21-13-10-18-44(49)45-31-41(28-34(2)50(45)53)52(39-15-6-5-7-16-39)40-24-25-43-42-17-9-11-19-46(42)51(3,4)47(43)32-40/h5-21,24-25,28,31-33,35,37-38H,22-23,26-27,29-30H2,1-4H3/t33-,35-,37?,38-/m0/s1. The van der Waals surface area contributed by atoms with Crippen molar-refractivity contribution in [2.75, 3.05) is 4.90 Å². The van der Waals surface area contributed by atoms with Crippen molar-refractivity contribution in [2.24, 2.45) is 23.7 Å². The molecule has 1 aromatic heterocycles. The molecule has 53 heavy (non-hydrogen) atoms. The van der Waals surface area contributed by atoms with Gasteiger partial charge in [0.15, 0.2) is 0 Å². The van der Waals surface area contributed by atoms with Gasteiger partial charge in [-0.1, -0.05) is 106 Å². The van der Waals surface area contributed by atoms with E-state index < -0.39 is 0 Å². The third kappa shape index (κ3) is 5.28. The summed E-state index contributed by atoms with van der Waals surface area (Å²) in [6.45, 7) is 9.54. The van der Waals surface area contributed by atoms with Crippen LogP contribution in [0.3, 0.4) is 0 Å². The van der Waals surface area contributed by atoms with Crippen molar-refractivity contribution < 1.29 is 0 Å². The normalized spacial score (nSPS) is 21.2. The highest BCUT2D eigenvalue weighted by molar-refractivity contribution is 6.12. The zero-order chi connectivity index (χ0) is 35.8. The topological polar surface area (TPSA) is 8.17 Å². The number of aryl methyl sites for hydroxylation is 2. The monoisotopic (exact) mass is 690 g/mol. The first-order valence-electron chi connectivity index (χ1n) is 20.1. The van der Waals surface area contributed by atoms with Gasteiger partial charge >= 0.3 is 0 Å². The predicted molar refractivity (Wildman–Crippen MR) is 224 cm³/mol. The Balaban J connectivity index is 1.10. The third-order valence-corrected chi connectivity index (χ3v) is 13.4. The van der Waals surface area contributed by atoms with Crippen LogP contribution in [0.25, 0.3) is 38.6 Å². The summed E-state index contributed by atoms with van der Waals surface area (Å²) in [6, 6.07) is 50.1. The molecule has 4 atom stereocenters. The molecule has 2 fully saturated rings. The van der Waals surface area contributed by atoms with Crippen molar-refractivity contribution in [3.05, 3.63) is 156 Å². The molecule has 0 saturated heterocycles. The van der Waals surface area contributed by atoms with Crippen molar-refractivity contribution in [1.29, 1.82) is 0 Å². The maximum atomic E-state index is 2.58. The van der Waals surface area contributed by atoms with E-state index in [0.717, 1.165) is 30.1 Å². The molecule has 0 radical (unpaired) electrons. The zero-order valence-electron chi connectivity index (χ0n) is 31.6. The fourth-order valence-electron chi connectivity index (χ4n) is 11.1. The smallest absolute Gasteiger partial charge is 0.0571 e. The summed E-state index contributed by atoms with van der Waals surface area (Å²) in [5.74, 6) is 3.69. The van der Waals surface area contributed by atoms with Crippen molar-refractivity contribution >= 4 is 38.9 Å². The van der Waals surface area contributed by atoms with Crippen molar-refractivity contribution in [3.8, 4) is 16.8 Å². The number of hydrogen-bond acceptors (Lipinski definition) is 1. The third-order valence-electron chi connectivity index (χ3n) is 13.4. The molecular weight excluding hydrogens is 641 g/mol. The van der Waals surface area contributed by atoms with Crippen molar-refractivity contribution in [3.63, 3.8) is 0 Å². The largest absolute Gasteiger partial charge is 0.310 e. The van der Waals surface area contributed by atoms with Crippen molar-refractivity contribution in [2.45, 2.75) is 71.6 Å². The molecule has 3 aliphatic carbocycles. The van der Waals surface area contributed by atoms with Gasteiger partial charge in [-0.25, -0.2) is 0 Å². The molecule has 10 rings (SSSR count). The minimum absolute atomic E-state index is 0.0695. The number of fused-ring (bicyclic) bond motifs is 8. The Bertz CT molecular complexity index is 2500. The molecule has 3 aliphatic rings. The highest BCUT2D eigenvalue weighted by Crippen LogP contribution is 2.52. The number of nitrogens with zero attached hydrogens (tertiary/aromatic N) is 2. The lowest BCUT2D eigenvalue weighted by molar-refractivity contribution is 0.254. The summed E-state index contributed by atoms with van der Waals surface area (Å²) in [7, 11) is 0. The van der Waals surface area contributed by atoms with Crippen LogP contribution < -0.4 is 4.90 Å². The van der Waals surface area contributed by atoms with Crippen LogP contribution in [0.1, 0.15) is 75.1 Å². The number of aromatic nitrogens is 1. The maximum Gasteiger partial charge on any atom is 0.0571 e. The summed E-state index contributed by atoms with van der Waals surface area (Å²) in [6.07, 6.45) is 8.26. The molecule has 7 aromatic rings. The Morgan fingerprint density at radius 3 is 2.28 bits per heavy atom. The first-order valence-corrected chi connectivity index (χ1v) is 20.1. The summed E-state index contributed by atoms with van der Waals surface area (Å²) in [4.78, 5) is 2.46. The van der Waals surface area contributed by atoms with Crippen LogP contribution >= 0.6 is 0 Å². The van der Waals surface area contributed by atoms with Crippen LogP contribution in [-0.4, -0.2) is 4.57 Å². The van der Waals surface area contributed by atoms with Gasteiger partial charge in [-0.2, -0.15) is 0 Å². The summed E-state index contributed by atoms with van der Waals surface area (Å²) >= 11 is 0. The van der Waals surface area contributed by atoms with E-state index in [2.05, 4.69) is 171 Å². The highest BCUT2D eigenvalue weighted by atomic mass is 15.1. The molecule has 264 valence electrons. The number of para-hydroxylation sites is 3. The molecule has 2 nitrogen and oxygen atoms in total. The van der Waals surface area contributed by atoms with Crippen LogP contribution in [0.15, 0.2) is 133 Å². The molecular formula is C51H50N2. The molecule has 1 heterocycles. The summed E-state index contributed by atoms with van der Waals surface area (Å²) < 4.78 is 2.58. The predicted octanol–water partition coefficient (Wildman–Crippen LogP) is 13.9. The van der Waals surface area contributed by atoms with Gasteiger partial charge in [0.1, 0.15) is 0 Å². The second-order valence-corrected chi connectivity index (χ2v) is 17.2. The van der Waals surface area contributed by atoms with Gasteiger partial charge < -0.3 is 9.47 Å². The SMILES string of the molecule is Cc1cc(N(c2ccccc2)c2ccc3c(c2)C(C)(C)c2ccccc2-3)cc2c3ccccc3n(-c3ccccc3CCC3C[C@@H]4C[C@H](C)C[C@H]3C4)c12. The van der Waals surface area contributed by atoms with Crippen LogP contribution in [0.4, 0.5) is 17.1 Å². The van der Waals surface area contributed by atoms with E-state index >= 15 is 0 Å². The van der Waals surface area contributed by atoms with E-state index in [-0.39, 0.29) is 5.41 Å². The number of benzene rings is 6. The molecule has 2 bridgehead atoms. The van der Waals surface area contributed by atoms with Crippen LogP contribution in [-0.2, 0) is 11.8 Å². The van der Waals surface area contributed by atoms with E-state index in [1.807, 2.05) is 0 Å². The summed E-state index contributed by atoms with van der Waals surface area (Å²) in [5.41, 5.74) is 15.7. The van der Waals surface area contributed by atoms with Gasteiger partial charge in [-0.05, 0) is 151 Å². The average molecular weight is 691 g/mol. The first-order chi connectivity index (χ1) is 25.8. The Morgan fingerprint density at radius 2 is 1.40 bits per heavy atom. The molecule has 1 unspecified atom stereocenters. The number of anilines is 3. The van der Waals surface area contributed by atoms with Crippen molar-refractivity contribution in [1.82, 2.24) is 4.57 Å². The van der Waals surface area contributed by atoms with Gasteiger partial charge in [0.05, 0.1) is 11.0 Å². The number of hydrogen-bond donors (Lipinski definition) is 0. The van der Waals surface area contributed by atoms with E-state index in [9.17, 15) is 0 Å². The van der Waals surface area contributed by atoms with Crippen LogP contribution in [0, 0.1) is 30.6 Å². The van der Waals surface area contributed by atoms with Gasteiger partial charge in [0.2, 0.25) is 0 Å². The first kappa shape index (κ1) is 32.6.